The van der Waals surface area contributed by atoms with Crippen LogP contribution in [-0.2, 0) is 0 Å². The van der Waals surface area contributed by atoms with Crippen molar-refractivity contribution in [3.63, 3.8) is 0 Å². The molecule has 4 heteroatoms. The summed E-state index contributed by atoms with van der Waals surface area (Å²) in [6.07, 6.45) is 0. The van der Waals surface area contributed by atoms with Gasteiger partial charge in [-0.3, -0.25) is 4.57 Å². The van der Waals surface area contributed by atoms with E-state index < -0.39 is 0 Å². The number of anilines is 3. The van der Waals surface area contributed by atoms with E-state index in [4.69, 9.17) is 4.98 Å². The number of nitrogens with zero attached hydrogens (tertiary/aromatic N) is 4. The first-order chi connectivity index (χ1) is 26.3. The Morgan fingerprint density at radius 2 is 0.887 bits per heavy atom. The Labute approximate surface area is 308 Å². The van der Waals surface area contributed by atoms with E-state index in [-0.39, 0.29) is 0 Å². The molecule has 0 bridgehead atoms. The van der Waals surface area contributed by atoms with Gasteiger partial charge in [0.25, 0.3) is 0 Å². The number of para-hydroxylation sites is 4. The summed E-state index contributed by atoms with van der Waals surface area (Å²) in [5.74, 6) is 0.930. The minimum atomic E-state index is 0.930. The van der Waals surface area contributed by atoms with Crippen LogP contribution in [0.25, 0.3) is 66.7 Å². The molecule has 250 valence electrons. The standard InChI is InChI=1S/C49H34N4/c1-4-15-35(16-5-1)36-27-29-39(30-28-36)51(38-19-8-3-9-20-38)46-25-14-26-47-48(46)42-21-10-12-23-44(42)52(47)40-31-33-41(34-32-40)53-45-24-13-11-22-43(45)50-49(53)37-17-6-2-7-18-37/h1-34H. The first-order valence-corrected chi connectivity index (χ1v) is 18.0. The molecule has 0 saturated carbocycles. The smallest absolute Gasteiger partial charge is 0.145 e. The lowest BCUT2D eigenvalue weighted by atomic mass is 10.0. The average Bonchev–Trinajstić information content (AvgIpc) is 3.79. The molecule has 10 aromatic rings. The number of fused-ring (bicyclic) bond motifs is 4. The molecule has 10 rings (SSSR count). The molecule has 2 heterocycles. The fourth-order valence-electron chi connectivity index (χ4n) is 7.72. The summed E-state index contributed by atoms with van der Waals surface area (Å²) in [5, 5.41) is 2.41. The van der Waals surface area contributed by atoms with E-state index in [9.17, 15) is 0 Å². The zero-order valence-electron chi connectivity index (χ0n) is 28.9. The van der Waals surface area contributed by atoms with Gasteiger partial charge >= 0.3 is 0 Å². The highest BCUT2D eigenvalue weighted by Crippen LogP contribution is 2.44. The summed E-state index contributed by atoms with van der Waals surface area (Å²) in [6.45, 7) is 0. The zero-order valence-corrected chi connectivity index (χ0v) is 28.9. The highest BCUT2D eigenvalue weighted by molar-refractivity contribution is 6.16. The van der Waals surface area contributed by atoms with Crippen LogP contribution < -0.4 is 4.90 Å². The zero-order chi connectivity index (χ0) is 35.1. The van der Waals surface area contributed by atoms with Crippen LogP contribution in [0.1, 0.15) is 0 Å². The molecule has 0 aliphatic rings. The number of imidazole rings is 1. The Hall–Kier alpha value is -7.17. The van der Waals surface area contributed by atoms with Gasteiger partial charge in [-0.2, -0.15) is 0 Å². The minimum Gasteiger partial charge on any atom is -0.310 e. The quantitative estimate of drug-likeness (QED) is 0.168. The Kier molecular flexibility index (Phi) is 7.43. The van der Waals surface area contributed by atoms with Gasteiger partial charge in [0.15, 0.2) is 0 Å². The lowest BCUT2D eigenvalue weighted by Gasteiger charge is -2.26. The lowest BCUT2D eigenvalue weighted by Crippen LogP contribution is -2.10. The number of hydrogen-bond donors (Lipinski definition) is 0. The van der Waals surface area contributed by atoms with E-state index in [1.54, 1.807) is 0 Å². The predicted molar refractivity (Wildman–Crippen MR) is 221 cm³/mol. The van der Waals surface area contributed by atoms with Crippen molar-refractivity contribution in [2.24, 2.45) is 0 Å². The molecule has 0 fully saturated rings. The van der Waals surface area contributed by atoms with Gasteiger partial charge in [0, 0.05) is 39.1 Å². The van der Waals surface area contributed by atoms with E-state index >= 15 is 0 Å². The summed E-state index contributed by atoms with van der Waals surface area (Å²) in [7, 11) is 0. The predicted octanol–water partition coefficient (Wildman–Crippen LogP) is 12.9. The minimum absolute atomic E-state index is 0.930. The van der Waals surface area contributed by atoms with Crippen LogP contribution >= 0.6 is 0 Å². The summed E-state index contributed by atoms with van der Waals surface area (Å²) in [4.78, 5) is 7.44. The van der Waals surface area contributed by atoms with Crippen molar-refractivity contribution in [1.29, 1.82) is 0 Å². The molecule has 0 N–H and O–H groups in total. The maximum Gasteiger partial charge on any atom is 0.145 e. The number of benzene rings is 8. The molecule has 8 aromatic carbocycles. The first kappa shape index (κ1) is 30.6. The highest BCUT2D eigenvalue weighted by atomic mass is 15.1. The van der Waals surface area contributed by atoms with Crippen molar-refractivity contribution in [2.75, 3.05) is 4.90 Å². The average molecular weight is 679 g/mol. The van der Waals surface area contributed by atoms with Crippen molar-refractivity contribution in [3.8, 4) is 33.9 Å². The molecule has 53 heavy (non-hydrogen) atoms. The molecular weight excluding hydrogens is 645 g/mol. The van der Waals surface area contributed by atoms with Gasteiger partial charge in [0.1, 0.15) is 5.82 Å². The third-order valence-corrected chi connectivity index (χ3v) is 10.1. The molecule has 0 unspecified atom stereocenters. The molecule has 0 aliphatic carbocycles. The summed E-state index contributed by atoms with van der Waals surface area (Å²) >= 11 is 0. The molecule has 0 aliphatic heterocycles. The summed E-state index contributed by atoms with van der Waals surface area (Å²) < 4.78 is 4.66. The van der Waals surface area contributed by atoms with Crippen LogP contribution in [0.2, 0.25) is 0 Å². The molecule has 0 spiro atoms. The van der Waals surface area contributed by atoms with Crippen molar-refractivity contribution in [1.82, 2.24) is 14.1 Å². The van der Waals surface area contributed by atoms with Gasteiger partial charge < -0.3 is 9.47 Å². The molecule has 0 amide bonds. The second-order valence-electron chi connectivity index (χ2n) is 13.2. The van der Waals surface area contributed by atoms with Gasteiger partial charge in [0.05, 0.1) is 27.8 Å². The number of rotatable bonds is 7. The second kappa shape index (κ2) is 12.9. The van der Waals surface area contributed by atoms with Gasteiger partial charge in [-0.15, -0.1) is 0 Å². The van der Waals surface area contributed by atoms with Crippen molar-refractivity contribution >= 4 is 49.9 Å². The SMILES string of the molecule is c1ccc(-c2ccc(N(c3ccccc3)c3cccc4c3c3ccccc3n4-c3ccc(-n4c(-c5ccccc5)nc5ccccc54)cc3)cc2)cc1. The Morgan fingerprint density at radius 3 is 1.60 bits per heavy atom. The van der Waals surface area contributed by atoms with E-state index in [2.05, 4.69) is 208 Å². The van der Waals surface area contributed by atoms with Crippen LogP contribution in [0.15, 0.2) is 206 Å². The Balaban J connectivity index is 1.13. The van der Waals surface area contributed by atoms with Crippen LogP contribution in [0.4, 0.5) is 17.1 Å². The Morgan fingerprint density at radius 1 is 0.358 bits per heavy atom. The second-order valence-corrected chi connectivity index (χ2v) is 13.2. The molecular formula is C49H34N4. The first-order valence-electron chi connectivity index (χ1n) is 18.0. The molecule has 0 radical (unpaired) electrons. The summed E-state index contributed by atoms with van der Waals surface area (Å²) in [5.41, 5.74) is 13.4. The molecule has 2 aromatic heterocycles. The van der Waals surface area contributed by atoms with Crippen molar-refractivity contribution in [2.45, 2.75) is 0 Å². The molecule has 0 atom stereocenters. The van der Waals surface area contributed by atoms with Crippen LogP contribution in [0.5, 0.6) is 0 Å². The van der Waals surface area contributed by atoms with Crippen LogP contribution in [-0.4, -0.2) is 14.1 Å². The largest absolute Gasteiger partial charge is 0.310 e. The van der Waals surface area contributed by atoms with Gasteiger partial charge in [-0.1, -0.05) is 127 Å². The lowest BCUT2D eigenvalue weighted by molar-refractivity contribution is 1.09. The summed E-state index contributed by atoms with van der Waals surface area (Å²) in [6, 6.07) is 73.2. The van der Waals surface area contributed by atoms with E-state index in [1.165, 1.54) is 21.9 Å². The Bertz CT molecular complexity index is 2850. The van der Waals surface area contributed by atoms with Crippen molar-refractivity contribution in [3.05, 3.63) is 206 Å². The van der Waals surface area contributed by atoms with E-state index in [0.29, 0.717) is 0 Å². The van der Waals surface area contributed by atoms with Crippen LogP contribution in [0.3, 0.4) is 0 Å². The number of aromatic nitrogens is 3. The fourth-order valence-corrected chi connectivity index (χ4v) is 7.72. The number of hydrogen-bond acceptors (Lipinski definition) is 2. The normalized spacial score (nSPS) is 11.4. The van der Waals surface area contributed by atoms with Gasteiger partial charge in [-0.25, -0.2) is 4.98 Å². The van der Waals surface area contributed by atoms with Gasteiger partial charge in [-0.05, 0) is 90.0 Å². The third-order valence-electron chi connectivity index (χ3n) is 10.1. The maximum absolute atomic E-state index is 5.06. The topological polar surface area (TPSA) is 26.0 Å². The molecule has 0 saturated heterocycles. The monoisotopic (exact) mass is 678 g/mol. The van der Waals surface area contributed by atoms with Gasteiger partial charge in [0.2, 0.25) is 0 Å². The highest BCUT2D eigenvalue weighted by Gasteiger charge is 2.21. The fraction of sp³-hybridized carbons (Fsp3) is 0. The molecule has 4 nitrogen and oxygen atoms in total. The van der Waals surface area contributed by atoms with E-state index in [1.807, 2.05) is 12.1 Å². The third kappa shape index (κ3) is 5.28. The van der Waals surface area contributed by atoms with Crippen molar-refractivity contribution < 1.29 is 0 Å². The maximum atomic E-state index is 5.06. The van der Waals surface area contributed by atoms with Crippen LogP contribution in [0, 0.1) is 0 Å². The van der Waals surface area contributed by atoms with E-state index in [0.717, 1.165) is 61.9 Å².